The van der Waals surface area contributed by atoms with Crippen molar-refractivity contribution in [2.24, 2.45) is 5.92 Å². The molecule has 5 atom stereocenters. The fraction of sp³-hybridized carbons (Fsp3) is 0.600. The van der Waals surface area contributed by atoms with E-state index in [-0.39, 0.29) is 17.8 Å². The maximum absolute atomic E-state index is 12.6. The number of aliphatic hydroxyl groups is 1. The van der Waals surface area contributed by atoms with E-state index in [0.717, 1.165) is 48.7 Å². The van der Waals surface area contributed by atoms with Gasteiger partial charge >= 0.3 is 5.97 Å². The molecule has 1 aromatic rings. The molecule has 6 rings (SSSR count). The Morgan fingerprint density at radius 3 is 2.85 bits per heavy atom. The van der Waals surface area contributed by atoms with Gasteiger partial charge in [0.2, 0.25) is 5.91 Å². The summed E-state index contributed by atoms with van der Waals surface area (Å²) < 4.78 is 11.0. The number of carbonyl (C=O) groups excluding carboxylic acids is 2. The molecule has 1 amide bonds. The molecule has 8 heteroatoms. The number of esters is 1. The first-order chi connectivity index (χ1) is 15.9. The number of benzene rings is 1. The van der Waals surface area contributed by atoms with Crippen LogP contribution in [0.3, 0.4) is 0 Å². The maximum Gasteiger partial charge on any atom is 0.330 e. The van der Waals surface area contributed by atoms with Crippen LogP contribution in [0.2, 0.25) is 0 Å². The normalized spacial score (nSPS) is 36.2. The van der Waals surface area contributed by atoms with Gasteiger partial charge in [-0.05, 0) is 62.6 Å². The van der Waals surface area contributed by atoms with Crippen molar-refractivity contribution in [2.45, 2.75) is 67.7 Å². The van der Waals surface area contributed by atoms with E-state index >= 15 is 0 Å². The molecule has 2 bridgehead atoms. The number of phenolic OH excluding ortho intramolecular Hbond substituents is 1. The minimum Gasteiger partial charge on any atom is -0.504 e. The highest BCUT2D eigenvalue weighted by molar-refractivity contribution is 5.94. The van der Waals surface area contributed by atoms with Crippen LogP contribution in [0.5, 0.6) is 11.5 Å². The zero-order chi connectivity index (χ0) is 23.0. The van der Waals surface area contributed by atoms with Crippen LogP contribution < -0.4 is 10.1 Å². The van der Waals surface area contributed by atoms with Gasteiger partial charge in [-0.15, -0.1) is 0 Å². The third kappa shape index (κ3) is 2.89. The van der Waals surface area contributed by atoms with Crippen LogP contribution in [0.4, 0.5) is 0 Å². The van der Waals surface area contributed by atoms with Gasteiger partial charge < -0.3 is 25.0 Å². The molecule has 8 nitrogen and oxygen atoms in total. The number of phenols is 1. The lowest BCUT2D eigenvalue weighted by Crippen LogP contribution is -2.78. The number of amides is 1. The average molecular weight is 455 g/mol. The molecule has 2 saturated carbocycles. The number of carbonyl (C=O) groups is 2. The van der Waals surface area contributed by atoms with Gasteiger partial charge in [-0.1, -0.05) is 6.07 Å². The standard InChI is InChI=1S/C25H30N2O6/c1-32-20(30)7-6-19(29)26-16-8-9-25(31)18-12-15-4-5-17(28)22-21(15)24(25,23(16)33-22)10-11-27(18)13-14-2-3-14/h4-7,14,16,18,23,28,31H,2-3,8-13H2,1H3,(H,26,29)/b7-6+/t16?,18?,23-,24-,25+/m0/s1. The zero-order valence-electron chi connectivity index (χ0n) is 18.8. The summed E-state index contributed by atoms with van der Waals surface area (Å²) in [6, 6.07) is 3.29. The van der Waals surface area contributed by atoms with Crippen LogP contribution in [0.25, 0.3) is 0 Å². The second kappa shape index (κ2) is 7.21. The fourth-order valence-electron chi connectivity index (χ4n) is 7.07. The van der Waals surface area contributed by atoms with Crippen LogP contribution in [0.15, 0.2) is 24.3 Å². The molecule has 3 N–H and O–H groups in total. The monoisotopic (exact) mass is 454 g/mol. The molecule has 1 saturated heterocycles. The van der Waals surface area contributed by atoms with Crippen molar-refractivity contribution in [3.63, 3.8) is 0 Å². The Balaban J connectivity index is 1.38. The Morgan fingerprint density at radius 2 is 2.09 bits per heavy atom. The first-order valence-corrected chi connectivity index (χ1v) is 11.9. The first kappa shape index (κ1) is 21.0. The Hall–Kier alpha value is -2.58. The van der Waals surface area contributed by atoms with E-state index in [2.05, 4.69) is 15.0 Å². The molecule has 2 heterocycles. The van der Waals surface area contributed by atoms with Crippen LogP contribution >= 0.6 is 0 Å². The SMILES string of the molecule is COC(=O)/C=C/C(=O)NC1CC[C@@]2(O)C3Cc4ccc(O)c5c4[C@@]2(CCN3CC2CC2)[C@H]1O5. The largest absolute Gasteiger partial charge is 0.504 e. The first-order valence-electron chi connectivity index (χ1n) is 11.9. The summed E-state index contributed by atoms with van der Waals surface area (Å²) in [6.45, 7) is 1.88. The van der Waals surface area contributed by atoms with E-state index in [1.165, 1.54) is 20.0 Å². The molecule has 2 aliphatic heterocycles. The summed E-state index contributed by atoms with van der Waals surface area (Å²) in [5, 5.41) is 26.0. The minimum absolute atomic E-state index is 0.00295. The number of aromatic hydroxyl groups is 1. The molecule has 33 heavy (non-hydrogen) atoms. The predicted octanol–water partition coefficient (Wildman–Crippen LogP) is 1.17. The quantitative estimate of drug-likeness (QED) is 0.453. The van der Waals surface area contributed by atoms with E-state index in [4.69, 9.17) is 4.74 Å². The van der Waals surface area contributed by atoms with Crippen molar-refractivity contribution >= 4 is 11.9 Å². The van der Waals surface area contributed by atoms with Crippen molar-refractivity contribution in [3.05, 3.63) is 35.4 Å². The van der Waals surface area contributed by atoms with Gasteiger partial charge in [0, 0.05) is 30.3 Å². The van der Waals surface area contributed by atoms with Crippen molar-refractivity contribution in [3.8, 4) is 11.5 Å². The average Bonchev–Trinajstić information content (AvgIpc) is 3.54. The second-order valence-electron chi connectivity index (χ2n) is 10.3. The number of nitrogens with one attached hydrogen (secondary N) is 1. The molecular formula is C25H30N2O6. The van der Waals surface area contributed by atoms with Crippen molar-refractivity contribution < 1.29 is 29.3 Å². The number of hydrogen-bond acceptors (Lipinski definition) is 7. The summed E-state index contributed by atoms with van der Waals surface area (Å²) in [7, 11) is 1.26. The second-order valence-corrected chi connectivity index (χ2v) is 10.3. The van der Waals surface area contributed by atoms with Crippen molar-refractivity contribution in [1.82, 2.24) is 10.2 Å². The number of hydrogen-bond donors (Lipinski definition) is 3. The minimum atomic E-state index is -0.986. The van der Waals surface area contributed by atoms with E-state index in [9.17, 15) is 19.8 Å². The van der Waals surface area contributed by atoms with Crippen molar-refractivity contribution in [2.75, 3.05) is 20.2 Å². The van der Waals surface area contributed by atoms with Crippen LogP contribution in [0, 0.1) is 5.92 Å². The Labute approximate surface area is 192 Å². The van der Waals surface area contributed by atoms with Gasteiger partial charge in [-0.3, -0.25) is 9.69 Å². The summed E-state index contributed by atoms with van der Waals surface area (Å²) in [5.74, 6) is 0.256. The number of likely N-dealkylation sites (tertiary alicyclic amines) is 1. The highest BCUT2D eigenvalue weighted by atomic mass is 16.5. The highest BCUT2D eigenvalue weighted by Gasteiger charge is 2.73. The third-order valence-electron chi connectivity index (χ3n) is 8.66. The predicted molar refractivity (Wildman–Crippen MR) is 118 cm³/mol. The Morgan fingerprint density at radius 1 is 1.27 bits per heavy atom. The number of piperidine rings is 1. The zero-order valence-corrected chi connectivity index (χ0v) is 18.8. The molecule has 0 aromatic heterocycles. The number of nitrogens with zero attached hydrogens (tertiary/aromatic N) is 1. The third-order valence-corrected chi connectivity index (χ3v) is 8.66. The highest BCUT2D eigenvalue weighted by Crippen LogP contribution is 2.65. The van der Waals surface area contributed by atoms with E-state index in [0.29, 0.717) is 25.0 Å². The molecule has 1 spiro atoms. The molecule has 2 unspecified atom stereocenters. The number of methoxy groups -OCH3 is 1. The van der Waals surface area contributed by atoms with Gasteiger partial charge in [-0.25, -0.2) is 4.79 Å². The topological polar surface area (TPSA) is 108 Å². The Kier molecular flexibility index (Phi) is 4.58. The smallest absolute Gasteiger partial charge is 0.330 e. The van der Waals surface area contributed by atoms with E-state index in [1.807, 2.05) is 6.07 Å². The molecular weight excluding hydrogens is 424 g/mol. The summed E-state index contributed by atoms with van der Waals surface area (Å²) in [4.78, 5) is 26.4. The Bertz CT molecular complexity index is 1050. The van der Waals surface area contributed by atoms with Crippen LogP contribution in [-0.2, 0) is 26.2 Å². The van der Waals surface area contributed by atoms with Gasteiger partial charge in [0.05, 0.1) is 24.2 Å². The van der Waals surface area contributed by atoms with E-state index in [1.54, 1.807) is 6.07 Å². The van der Waals surface area contributed by atoms with Gasteiger partial charge in [-0.2, -0.15) is 0 Å². The van der Waals surface area contributed by atoms with Crippen LogP contribution in [0.1, 0.15) is 43.2 Å². The number of rotatable bonds is 5. The van der Waals surface area contributed by atoms with Crippen LogP contribution in [-0.4, -0.2) is 71.0 Å². The molecule has 1 aromatic carbocycles. The summed E-state index contributed by atoms with van der Waals surface area (Å²) in [6.07, 6.45) is 6.84. The molecule has 5 aliphatic rings. The molecule has 3 aliphatic carbocycles. The lowest BCUT2D eigenvalue weighted by Gasteiger charge is -2.64. The lowest BCUT2D eigenvalue weighted by molar-refractivity contribution is -0.192. The molecule has 176 valence electrons. The fourth-order valence-corrected chi connectivity index (χ4v) is 7.07. The number of ether oxygens (including phenoxy) is 2. The van der Waals surface area contributed by atoms with Gasteiger partial charge in [0.1, 0.15) is 6.10 Å². The van der Waals surface area contributed by atoms with Crippen molar-refractivity contribution in [1.29, 1.82) is 0 Å². The summed E-state index contributed by atoms with van der Waals surface area (Å²) in [5.41, 5.74) is 0.390. The van der Waals surface area contributed by atoms with Gasteiger partial charge in [0.15, 0.2) is 11.5 Å². The molecule has 0 radical (unpaired) electrons. The van der Waals surface area contributed by atoms with Gasteiger partial charge in [0.25, 0.3) is 0 Å². The van der Waals surface area contributed by atoms with E-state index < -0.39 is 29.0 Å². The molecule has 3 fully saturated rings. The lowest BCUT2D eigenvalue weighted by atomic mass is 9.48. The maximum atomic E-state index is 12.6. The summed E-state index contributed by atoms with van der Waals surface area (Å²) >= 11 is 0.